The number of carbonyl (C=O) groups is 1. The number of nitrogens with zero attached hydrogens (tertiary/aromatic N) is 1. The SMILES string of the molecule is Cc1ccc(C(=O)CCN2CCOCC2)cc1N. The average Bonchev–Trinajstić information content (AvgIpc) is 2.40. The van der Waals surface area contributed by atoms with Crippen LogP contribution in [-0.2, 0) is 4.74 Å². The fourth-order valence-electron chi connectivity index (χ4n) is 2.04. The van der Waals surface area contributed by atoms with E-state index in [2.05, 4.69) is 4.90 Å². The number of nitrogens with two attached hydrogens (primary N) is 1. The van der Waals surface area contributed by atoms with E-state index >= 15 is 0 Å². The third-order valence-electron chi connectivity index (χ3n) is 3.36. The van der Waals surface area contributed by atoms with E-state index in [1.165, 1.54) is 0 Å². The molecule has 0 amide bonds. The van der Waals surface area contributed by atoms with Crippen LogP contribution in [0.25, 0.3) is 0 Å². The molecule has 0 radical (unpaired) electrons. The Hall–Kier alpha value is -1.39. The van der Waals surface area contributed by atoms with Crippen LogP contribution in [0.15, 0.2) is 18.2 Å². The first-order chi connectivity index (χ1) is 8.66. The van der Waals surface area contributed by atoms with Crippen molar-refractivity contribution < 1.29 is 9.53 Å². The molecule has 98 valence electrons. The van der Waals surface area contributed by atoms with Crippen LogP contribution in [0.2, 0.25) is 0 Å². The van der Waals surface area contributed by atoms with Crippen LogP contribution < -0.4 is 5.73 Å². The molecule has 1 aromatic rings. The number of aryl methyl sites for hydroxylation is 1. The summed E-state index contributed by atoms with van der Waals surface area (Å²) in [5, 5.41) is 0. The summed E-state index contributed by atoms with van der Waals surface area (Å²) in [6, 6.07) is 5.53. The lowest BCUT2D eigenvalue weighted by molar-refractivity contribution is 0.0370. The number of benzene rings is 1. The Kier molecular flexibility index (Phi) is 4.33. The average molecular weight is 248 g/mol. The highest BCUT2D eigenvalue weighted by Gasteiger charge is 2.13. The number of carbonyl (C=O) groups excluding carboxylic acids is 1. The second-order valence-corrected chi connectivity index (χ2v) is 4.70. The van der Waals surface area contributed by atoms with Gasteiger partial charge >= 0.3 is 0 Å². The van der Waals surface area contributed by atoms with Crippen molar-refractivity contribution in [3.63, 3.8) is 0 Å². The monoisotopic (exact) mass is 248 g/mol. The fourth-order valence-corrected chi connectivity index (χ4v) is 2.04. The molecule has 0 spiro atoms. The smallest absolute Gasteiger partial charge is 0.164 e. The van der Waals surface area contributed by atoms with Gasteiger partial charge in [-0.25, -0.2) is 0 Å². The number of ketones is 1. The van der Waals surface area contributed by atoms with Gasteiger partial charge in [0.1, 0.15) is 0 Å². The number of hydrogen-bond acceptors (Lipinski definition) is 4. The highest BCUT2D eigenvalue weighted by atomic mass is 16.5. The van der Waals surface area contributed by atoms with Crippen LogP contribution in [0.5, 0.6) is 0 Å². The molecule has 1 fully saturated rings. The third kappa shape index (κ3) is 3.31. The number of Topliss-reactive ketones (excluding diaryl/α,β-unsaturated/α-hetero) is 1. The Bertz CT molecular complexity index is 426. The van der Waals surface area contributed by atoms with Crippen molar-refractivity contribution in [1.82, 2.24) is 4.90 Å². The van der Waals surface area contributed by atoms with E-state index in [4.69, 9.17) is 10.5 Å². The summed E-state index contributed by atoms with van der Waals surface area (Å²) in [6.45, 7) is 6.12. The molecule has 4 nitrogen and oxygen atoms in total. The van der Waals surface area contributed by atoms with E-state index in [-0.39, 0.29) is 5.78 Å². The molecule has 0 bridgehead atoms. The number of nitrogen functional groups attached to an aromatic ring is 1. The minimum absolute atomic E-state index is 0.160. The van der Waals surface area contributed by atoms with E-state index in [9.17, 15) is 4.79 Å². The molecule has 1 aliphatic heterocycles. The van der Waals surface area contributed by atoms with Crippen LogP contribution in [0.3, 0.4) is 0 Å². The maximum absolute atomic E-state index is 12.0. The van der Waals surface area contributed by atoms with Crippen LogP contribution in [0.1, 0.15) is 22.3 Å². The number of hydrogen-bond donors (Lipinski definition) is 1. The summed E-state index contributed by atoms with van der Waals surface area (Å²) in [5.41, 5.74) is 8.23. The summed E-state index contributed by atoms with van der Waals surface area (Å²) in [5.74, 6) is 0.160. The van der Waals surface area contributed by atoms with Crippen molar-refractivity contribution in [3.8, 4) is 0 Å². The van der Waals surface area contributed by atoms with Gasteiger partial charge in [0.2, 0.25) is 0 Å². The van der Waals surface area contributed by atoms with Crippen molar-refractivity contribution in [2.75, 3.05) is 38.6 Å². The summed E-state index contributed by atoms with van der Waals surface area (Å²) in [6.07, 6.45) is 0.544. The molecular weight excluding hydrogens is 228 g/mol. The van der Waals surface area contributed by atoms with E-state index in [0.717, 1.165) is 38.4 Å². The molecule has 0 aliphatic carbocycles. The molecule has 0 atom stereocenters. The van der Waals surface area contributed by atoms with Crippen molar-refractivity contribution in [3.05, 3.63) is 29.3 Å². The number of ether oxygens (including phenoxy) is 1. The Morgan fingerprint density at radius 1 is 1.39 bits per heavy atom. The number of morpholine rings is 1. The van der Waals surface area contributed by atoms with Gasteiger partial charge in [0.25, 0.3) is 0 Å². The first kappa shape index (κ1) is 13.1. The van der Waals surface area contributed by atoms with E-state index in [0.29, 0.717) is 17.7 Å². The van der Waals surface area contributed by atoms with Gasteiger partial charge in [-0.15, -0.1) is 0 Å². The van der Waals surface area contributed by atoms with Gasteiger partial charge in [-0.1, -0.05) is 12.1 Å². The first-order valence-electron chi connectivity index (χ1n) is 6.36. The Balaban J connectivity index is 1.88. The van der Waals surface area contributed by atoms with Gasteiger partial charge in [-0.2, -0.15) is 0 Å². The van der Waals surface area contributed by atoms with Crippen LogP contribution >= 0.6 is 0 Å². The minimum Gasteiger partial charge on any atom is -0.398 e. The lowest BCUT2D eigenvalue weighted by Gasteiger charge is -2.26. The van der Waals surface area contributed by atoms with Gasteiger partial charge in [-0.05, 0) is 18.6 Å². The van der Waals surface area contributed by atoms with Crippen LogP contribution in [0.4, 0.5) is 5.69 Å². The molecule has 2 N–H and O–H groups in total. The Labute approximate surface area is 108 Å². The normalized spacial score (nSPS) is 16.7. The van der Waals surface area contributed by atoms with E-state index in [1.807, 2.05) is 19.1 Å². The number of anilines is 1. The predicted molar refractivity (Wildman–Crippen MR) is 71.8 cm³/mol. The molecule has 1 saturated heterocycles. The second-order valence-electron chi connectivity index (χ2n) is 4.70. The summed E-state index contributed by atoms with van der Waals surface area (Å²) < 4.78 is 5.28. The number of rotatable bonds is 4. The minimum atomic E-state index is 0.160. The maximum atomic E-state index is 12.0. The van der Waals surface area contributed by atoms with Gasteiger partial charge in [0.15, 0.2) is 5.78 Å². The molecule has 0 aromatic heterocycles. The maximum Gasteiger partial charge on any atom is 0.164 e. The fraction of sp³-hybridized carbons (Fsp3) is 0.500. The zero-order valence-corrected chi connectivity index (χ0v) is 10.8. The van der Waals surface area contributed by atoms with Gasteiger partial charge < -0.3 is 10.5 Å². The summed E-state index contributed by atoms with van der Waals surface area (Å²) in [7, 11) is 0. The molecule has 0 saturated carbocycles. The molecule has 1 heterocycles. The molecule has 18 heavy (non-hydrogen) atoms. The zero-order chi connectivity index (χ0) is 13.0. The summed E-state index contributed by atoms with van der Waals surface area (Å²) in [4.78, 5) is 14.3. The summed E-state index contributed by atoms with van der Waals surface area (Å²) >= 11 is 0. The lowest BCUT2D eigenvalue weighted by Crippen LogP contribution is -2.37. The van der Waals surface area contributed by atoms with E-state index in [1.54, 1.807) is 6.07 Å². The van der Waals surface area contributed by atoms with Crippen molar-refractivity contribution in [1.29, 1.82) is 0 Å². The second kappa shape index (κ2) is 5.98. The zero-order valence-electron chi connectivity index (χ0n) is 10.8. The quantitative estimate of drug-likeness (QED) is 0.648. The predicted octanol–water partition coefficient (Wildman–Crippen LogP) is 1.48. The third-order valence-corrected chi connectivity index (χ3v) is 3.36. The van der Waals surface area contributed by atoms with Gasteiger partial charge in [-0.3, -0.25) is 9.69 Å². The first-order valence-corrected chi connectivity index (χ1v) is 6.36. The molecule has 1 aromatic carbocycles. The van der Waals surface area contributed by atoms with Crippen molar-refractivity contribution in [2.24, 2.45) is 0 Å². The lowest BCUT2D eigenvalue weighted by atomic mass is 10.0. The van der Waals surface area contributed by atoms with Crippen molar-refractivity contribution >= 4 is 11.5 Å². The highest BCUT2D eigenvalue weighted by molar-refractivity contribution is 5.97. The van der Waals surface area contributed by atoms with Gasteiger partial charge in [0.05, 0.1) is 13.2 Å². The molecule has 1 aliphatic rings. The van der Waals surface area contributed by atoms with Crippen LogP contribution in [-0.4, -0.2) is 43.5 Å². The van der Waals surface area contributed by atoms with E-state index < -0.39 is 0 Å². The molecule has 0 unspecified atom stereocenters. The molecule has 4 heteroatoms. The van der Waals surface area contributed by atoms with Crippen molar-refractivity contribution in [2.45, 2.75) is 13.3 Å². The topological polar surface area (TPSA) is 55.6 Å². The largest absolute Gasteiger partial charge is 0.398 e. The molecule has 2 rings (SSSR count). The van der Waals surface area contributed by atoms with Gasteiger partial charge in [0, 0.05) is 37.3 Å². The highest BCUT2D eigenvalue weighted by Crippen LogP contribution is 2.14. The molecular formula is C14H20N2O2. The Morgan fingerprint density at radius 2 is 2.11 bits per heavy atom. The van der Waals surface area contributed by atoms with Crippen LogP contribution in [0, 0.1) is 6.92 Å². The standard InChI is InChI=1S/C14H20N2O2/c1-11-2-3-12(10-13(11)15)14(17)4-5-16-6-8-18-9-7-16/h2-3,10H,4-9,15H2,1H3. The Morgan fingerprint density at radius 3 is 2.78 bits per heavy atom.